The first-order valence-electron chi connectivity index (χ1n) is 10.2. The Morgan fingerprint density at radius 3 is 2.33 bits per heavy atom. The molecule has 1 amide bonds. The number of hydrogen-bond acceptors (Lipinski definition) is 4. The van der Waals surface area contributed by atoms with Gasteiger partial charge in [0.15, 0.2) is 11.5 Å². The lowest BCUT2D eigenvalue weighted by molar-refractivity contribution is -0.131. The van der Waals surface area contributed by atoms with Crippen LogP contribution >= 0.6 is 0 Å². The summed E-state index contributed by atoms with van der Waals surface area (Å²) in [6.45, 7) is 9.67. The molecule has 0 fully saturated rings. The highest BCUT2D eigenvalue weighted by molar-refractivity contribution is 5.79. The van der Waals surface area contributed by atoms with E-state index in [0.717, 1.165) is 29.8 Å². The molecule has 0 saturated heterocycles. The Hall–Kier alpha value is -3.05. The predicted octanol–water partition coefficient (Wildman–Crippen LogP) is 3.85. The van der Waals surface area contributed by atoms with Crippen LogP contribution in [-0.4, -0.2) is 56.1 Å². The van der Waals surface area contributed by atoms with Gasteiger partial charge in [-0.1, -0.05) is 42.5 Å². The minimum atomic E-state index is -0.0342. The Balaban J connectivity index is 1.99. The van der Waals surface area contributed by atoms with Crippen molar-refractivity contribution in [1.29, 1.82) is 0 Å². The number of fused-ring (bicyclic) bond motifs is 1. The Bertz CT molecular complexity index is 885. The molecule has 30 heavy (non-hydrogen) atoms. The van der Waals surface area contributed by atoms with Crippen molar-refractivity contribution < 1.29 is 14.3 Å². The molecule has 0 spiro atoms. The van der Waals surface area contributed by atoms with Gasteiger partial charge < -0.3 is 14.4 Å². The number of ether oxygens (including phenoxy) is 2. The molecule has 0 aliphatic carbocycles. The maximum Gasteiger partial charge on any atom is 0.237 e. The van der Waals surface area contributed by atoms with Crippen molar-refractivity contribution in [1.82, 2.24) is 9.80 Å². The molecule has 1 aliphatic heterocycles. The first-order chi connectivity index (χ1) is 14.6. The van der Waals surface area contributed by atoms with Crippen LogP contribution in [0, 0.1) is 0 Å². The fourth-order valence-corrected chi connectivity index (χ4v) is 4.06. The lowest BCUT2D eigenvalue weighted by Crippen LogP contribution is -2.44. The fraction of sp³-hybridized carbons (Fsp3) is 0.320. The molecule has 0 radical (unpaired) electrons. The summed E-state index contributed by atoms with van der Waals surface area (Å²) in [5.41, 5.74) is 3.52. The number of carbonyl (C=O) groups excluding carboxylic acids is 1. The zero-order valence-corrected chi connectivity index (χ0v) is 17.8. The van der Waals surface area contributed by atoms with E-state index in [-0.39, 0.29) is 11.9 Å². The topological polar surface area (TPSA) is 42.0 Å². The van der Waals surface area contributed by atoms with Gasteiger partial charge in [0.25, 0.3) is 0 Å². The van der Waals surface area contributed by atoms with Gasteiger partial charge in [0.05, 0.1) is 26.8 Å². The summed E-state index contributed by atoms with van der Waals surface area (Å²) in [7, 11) is 3.30. The summed E-state index contributed by atoms with van der Waals surface area (Å²) in [6, 6.07) is 14.4. The van der Waals surface area contributed by atoms with Gasteiger partial charge >= 0.3 is 0 Å². The molecule has 1 atom stereocenters. The van der Waals surface area contributed by atoms with E-state index in [1.165, 1.54) is 5.56 Å². The summed E-state index contributed by atoms with van der Waals surface area (Å²) in [6.07, 6.45) is 4.34. The van der Waals surface area contributed by atoms with E-state index in [1.807, 2.05) is 24.3 Å². The third-order valence-electron chi connectivity index (χ3n) is 5.48. The molecule has 0 bridgehead atoms. The van der Waals surface area contributed by atoms with Gasteiger partial charge in [-0.3, -0.25) is 9.69 Å². The number of rotatable bonds is 9. The van der Waals surface area contributed by atoms with E-state index in [2.05, 4.69) is 36.3 Å². The van der Waals surface area contributed by atoms with E-state index in [9.17, 15) is 4.79 Å². The van der Waals surface area contributed by atoms with E-state index in [4.69, 9.17) is 9.47 Å². The smallest absolute Gasteiger partial charge is 0.237 e. The van der Waals surface area contributed by atoms with E-state index < -0.39 is 0 Å². The van der Waals surface area contributed by atoms with Gasteiger partial charge in [0.1, 0.15) is 0 Å². The molecule has 5 nitrogen and oxygen atoms in total. The minimum absolute atomic E-state index is 0.0342. The molecule has 3 rings (SSSR count). The molecule has 1 aliphatic rings. The third-order valence-corrected chi connectivity index (χ3v) is 5.48. The first-order valence-corrected chi connectivity index (χ1v) is 10.2. The maximum atomic E-state index is 13.0. The second-order valence-corrected chi connectivity index (χ2v) is 7.32. The predicted molar refractivity (Wildman–Crippen MR) is 120 cm³/mol. The van der Waals surface area contributed by atoms with Crippen LogP contribution < -0.4 is 9.47 Å². The molecule has 0 aromatic heterocycles. The van der Waals surface area contributed by atoms with Gasteiger partial charge in [-0.05, 0) is 35.2 Å². The molecule has 5 heteroatoms. The van der Waals surface area contributed by atoms with Crippen LogP contribution in [0.15, 0.2) is 67.8 Å². The SMILES string of the molecule is C=CCN(CC=C)C(=O)CN1CCc2cc(OC)c(OC)cc2C1c1ccccc1. The zero-order chi connectivity index (χ0) is 21.5. The number of nitrogens with zero attached hydrogens (tertiary/aromatic N) is 2. The summed E-state index contributed by atoms with van der Waals surface area (Å²) >= 11 is 0. The van der Waals surface area contributed by atoms with Crippen molar-refractivity contribution in [3.63, 3.8) is 0 Å². The second-order valence-electron chi connectivity index (χ2n) is 7.32. The summed E-state index contributed by atoms with van der Waals surface area (Å²) < 4.78 is 11.1. The Morgan fingerprint density at radius 1 is 1.10 bits per heavy atom. The third kappa shape index (κ3) is 4.57. The molecular formula is C25H30N2O3. The van der Waals surface area contributed by atoms with Gasteiger partial charge in [-0.15, -0.1) is 13.2 Å². The Morgan fingerprint density at radius 2 is 1.73 bits per heavy atom. The molecule has 0 N–H and O–H groups in total. The van der Waals surface area contributed by atoms with Crippen LogP contribution in [0.2, 0.25) is 0 Å². The highest BCUT2D eigenvalue weighted by Crippen LogP contribution is 2.40. The fourth-order valence-electron chi connectivity index (χ4n) is 4.06. The standard InChI is InChI=1S/C25H30N2O3/c1-5-13-26(14-6-2)24(28)18-27-15-12-20-16-22(29-3)23(30-4)17-21(20)25(27)19-10-8-7-9-11-19/h5-11,16-17,25H,1-2,12-15,18H2,3-4H3. The van der Waals surface area contributed by atoms with Crippen LogP contribution in [0.4, 0.5) is 0 Å². The number of amides is 1. The van der Waals surface area contributed by atoms with Crippen LogP contribution in [0.25, 0.3) is 0 Å². The monoisotopic (exact) mass is 406 g/mol. The largest absolute Gasteiger partial charge is 0.493 e. The molecule has 1 heterocycles. The van der Waals surface area contributed by atoms with E-state index in [1.54, 1.807) is 31.3 Å². The van der Waals surface area contributed by atoms with Crippen molar-refractivity contribution >= 4 is 5.91 Å². The zero-order valence-electron chi connectivity index (χ0n) is 17.8. The van der Waals surface area contributed by atoms with Crippen molar-refractivity contribution in [3.05, 3.63) is 84.5 Å². The van der Waals surface area contributed by atoms with Crippen LogP contribution in [-0.2, 0) is 11.2 Å². The van der Waals surface area contributed by atoms with E-state index in [0.29, 0.717) is 25.4 Å². The second kappa shape index (κ2) is 10.1. The first kappa shape index (κ1) is 21.7. The van der Waals surface area contributed by atoms with Crippen LogP contribution in [0.5, 0.6) is 11.5 Å². The van der Waals surface area contributed by atoms with Gasteiger partial charge in [0, 0.05) is 19.6 Å². The maximum absolute atomic E-state index is 13.0. The van der Waals surface area contributed by atoms with Crippen molar-refractivity contribution in [2.24, 2.45) is 0 Å². The normalized spacial score (nSPS) is 15.7. The average molecular weight is 407 g/mol. The average Bonchev–Trinajstić information content (AvgIpc) is 2.78. The lowest BCUT2D eigenvalue weighted by atomic mass is 9.87. The molecule has 2 aromatic carbocycles. The molecule has 158 valence electrons. The Labute approximate surface area is 179 Å². The number of methoxy groups -OCH3 is 2. The van der Waals surface area contributed by atoms with Crippen molar-refractivity contribution in [2.45, 2.75) is 12.5 Å². The molecule has 2 aromatic rings. The minimum Gasteiger partial charge on any atom is -0.493 e. The van der Waals surface area contributed by atoms with Crippen molar-refractivity contribution in [3.8, 4) is 11.5 Å². The highest BCUT2D eigenvalue weighted by Gasteiger charge is 2.32. The quantitative estimate of drug-likeness (QED) is 0.593. The summed E-state index contributed by atoms with van der Waals surface area (Å²) in [4.78, 5) is 17.1. The lowest BCUT2D eigenvalue weighted by Gasteiger charge is -2.38. The molecule has 0 saturated carbocycles. The number of hydrogen-bond donors (Lipinski definition) is 0. The van der Waals surface area contributed by atoms with Gasteiger partial charge in [0.2, 0.25) is 5.91 Å². The Kier molecular flexibility index (Phi) is 7.31. The van der Waals surface area contributed by atoms with Crippen LogP contribution in [0.1, 0.15) is 22.7 Å². The number of carbonyl (C=O) groups is 1. The molecular weight excluding hydrogens is 376 g/mol. The van der Waals surface area contributed by atoms with Crippen LogP contribution in [0.3, 0.4) is 0 Å². The molecule has 1 unspecified atom stereocenters. The van der Waals surface area contributed by atoms with E-state index >= 15 is 0 Å². The van der Waals surface area contributed by atoms with Gasteiger partial charge in [-0.25, -0.2) is 0 Å². The highest BCUT2D eigenvalue weighted by atomic mass is 16.5. The van der Waals surface area contributed by atoms with Gasteiger partial charge in [-0.2, -0.15) is 0 Å². The summed E-state index contributed by atoms with van der Waals surface area (Å²) in [5.74, 6) is 1.50. The number of benzene rings is 2. The summed E-state index contributed by atoms with van der Waals surface area (Å²) in [5, 5.41) is 0. The van der Waals surface area contributed by atoms with Crippen molar-refractivity contribution in [2.75, 3.05) is 40.4 Å².